The van der Waals surface area contributed by atoms with Gasteiger partial charge >= 0.3 is 0 Å². The lowest BCUT2D eigenvalue weighted by atomic mass is 9.63. The van der Waals surface area contributed by atoms with E-state index in [2.05, 4.69) is 62.0 Å². The summed E-state index contributed by atoms with van der Waals surface area (Å²) in [5.41, 5.74) is 6.05. The summed E-state index contributed by atoms with van der Waals surface area (Å²) in [4.78, 5) is 4.10. The van der Waals surface area contributed by atoms with Crippen molar-refractivity contribution in [3.05, 3.63) is 52.4 Å². The summed E-state index contributed by atoms with van der Waals surface area (Å²) in [7, 11) is 0. The average molecular weight is 341 g/mol. The Hall–Kier alpha value is -1.91. The molecule has 1 aromatic carbocycles. The first-order valence-corrected chi connectivity index (χ1v) is 8.78. The first-order valence-electron chi connectivity index (χ1n) is 8.78. The van der Waals surface area contributed by atoms with Crippen LogP contribution in [0.5, 0.6) is 0 Å². The van der Waals surface area contributed by atoms with Gasteiger partial charge in [-0.2, -0.15) is 0 Å². The molecular weight excluding hydrogens is 314 g/mol. The van der Waals surface area contributed by atoms with Crippen molar-refractivity contribution in [2.24, 2.45) is 0 Å². The molecule has 134 valence electrons. The lowest BCUT2D eigenvalue weighted by Gasteiger charge is -2.42. The van der Waals surface area contributed by atoms with E-state index in [4.69, 9.17) is 9.78 Å². The number of benzene rings is 1. The van der Waals surface area contributed by atoms with Gasteiger partial charge in [-0.05, 0) is 58.9 Å². The van der Waals surface area contributed by atoms with Crippen LogP contribution in [0.3, 0.4) is 0 Å². The molecule has 0 saturated heterocycles. The summed E-state index contributed by atoms with van der Waals surface area (Å²) in [5, 5.41) is 12.4. The molecule has 0 bridgehead atoms. The highest BCUT2D eigenvalue weighted by atomic mass is 17.1. The molecule has 1 aliphatic rings. The number of allylic oxidation sites excluding steroid dienone is 1. The van der Waals surface area contributed by atoms with Crippen LogP contribution in [-0.4, -0.2) is 10.4 Å². The molecule has 4 nitrogen and oxygen atoms in total. The van der Waals surface area contributed by atoms with Crippen LogP contribution in [0.25, 0.3) is 11.6 Å². The van der Waals surface area contributed by atoms with E-state index in [-0.39, 0.29) is 17.4 Å². The molecule has 0 radical (unpaired) electrons. The zero-order valence-corrected chi connectivity index (χ0v) is 15.7. The van der Waals surface area contributed by atoms with E-state index >= 15 is 0 Å². The van der Waals surface area contributed by atoms with Crippen molar-refractivity contribution in [1.29, 1.82) is 0 Å². The summed E-state index contributed by atoms with van der Waals surface area (Å²) in [6, 6.07) is 8.56. The summed E-state index contributed by atoms with van der Waals surface area (Å²) in [6.07, 6.45) is 4.53. The zero-order chi connectivity index (χ0) is 18.2. The van der Waals surface area contributed by atoms with Crippen molar-refractivity contribution in [1.82, 2.24) is 5.16 Å². The monoisotopic (exact) mass is 341 g/mol. The Morgan fingerprint density at radius 2 is 1.84 bits per heavy atom. The highest BCUT2D eigenvalue weighted by Gasteiger charge is 2.36. The third kappa shape index (κ3) is 3.55. The van der Waals surface area contributed by atoms with Crippen molar-refractivity contribution in [3.8, 4) is 0 Å². The van der Waals surface area contributed by atoms with Crippen LogP contribution in [0.4, 0.5) is 0 Å². The first-order chi connectivity index (χ1) is 11.7. The van der Waals surface area contributed by atoms with Gasteiger partial charge in [-0.3, -0.25) is 5.26 Å². The van der Waals surface area contributed by atoms with Crippen molar-refractivity contribution >= 4 is 11.6 Å². The molecule has 0 unspecified atom stereocenters. The fraction of sp³-hybridized carbons (Fsp3) is 0.476. The Morgan fingerprint density at radius 1 is 1.16 bits per heavy atom. The minimum absolute atomic E-state index is 0.0267. The summed E-state index contributed by atoms with van der Waals surface area (Å²) >= 11 is 0. The van der Waals surface area contributed by atoms with Crippen molar-refractivity contribution in [3.63, 3.8) is 0 Å². The Kier molecular flexibility index (Phi) is 4.60. The van der Waals surface area contributed by atoms with Crippen LogP contribution in [0, 0.1) is 0 Å². The molecule has 0 fully saturated rings. The van der Waals surface area contributed by atoms with Gasteiger partial charge in [0.1, 0.15) is 12.3 Å². The number of fused-ring (bicyclic) bond motifs is 1. The molecule has 0 amide bonds. The maximum atomic E-state index is 8.51. The van der Waals surface area contributed by atoms with Gasteiger partial charge in [-0.15, -0.1) is 0 Å². The van der Waals surface area contributed by atoms with Gasteiger partial charge in [-0.1, -0.05) is 51.1 Å². The second-order valence-electron chi connectivity index (χ2n) is 8.36. The summed E-state index contributed by atoms with van der Waals surface area (Å²) in [5.74, 6) is 0.685. The van der Waals surface area contributed by atoms with Crippen LogP contribution < -0.4 is 0 Å². The molecule has 0 spiro atoms. The van der Waals surface area contributed by atoms with Crippen molar-refractivity contribution in [2.75, 3.05) is 0 Å². The highest BCUT2D eigenvalue weighted by Crippen LogP contribution is 2.46. The van der Waals surface area contributed by atoms with Gasteiger partial charge in [0.05, 0.1) is 0 Å². The molecule has 1 heterocycles. The highest BCUT2D eigenvalue weighted by molar-refractivity contribution is 5.78. The van der Waals surface area contributed by atoms with Crippen LogP contribution in [-0.2, 0) is 22.3 Å². The van der Waals surface area contributed by atoms with E-state index in [1.165, 1.54) is 29.5 Å². The van der Waals surface area contributed by atoms with E-state index in [1.54, 1.807) is 6.07 Å². The predicted octanol–water partition coefficient (Wildman–Crippen LogP) is 5.57. The van der Waals surface area contributed by atoms with Gasteiger partial charge in [0.2, 0.25) is 0 Å². The number of rotatable bonds is 4. The van der Waals surface area contributed by atoms with Gasteiger partial charge in [0, 0.05) is 6.07 Å². The molecule has 0 atom stereocenters. The molecule has 25 heavy (non-hydrogen) atoms. The number of hydrogen-bond donors (Lipinski definition) is 1. The van der Waals surface area contributed by atoms with E-state index in [0.717, 1.165) is 5.57 Å². The SMILES string of the molecule is C/C(=C/c1ccc2c(c1)C(C)(C)CCC2(C)C)c1cc(COO)no1. The molecular formula is C21H27NO3. The molecule has 1 aliphatic carbocycles. The van der Waals surface area contributed by atoms with Crippen LogP contribution in [0.15, 0.2) is 28.8 Å². The van der Waals surface area contributed by atoms with Gasteiger partial charge in [-0.25, -0.2) is 4.89 Å². The second kappa shape index (κ2) is 6.43. The quantitative estimate of drug-likeness (QED) is 0.583. The molecule has 4 heteroatoms. The third-order valence-electron chi connectivity index (χ3n) is 5.42. The fourth-order valence-electron chi connectivity index (χ4n) is 3.65. The standard InChI is InChI=1S/C21H27NO3/c1-14(19-12-16(13-24-23)22-25-19)10-15-6-7-17-18(11-15)21(4,5)9-8-20(17,2)3/h6-7,10-12,23H,8-9,13H2,1-5H3/b14-10-. The zero-order valence-electron chi connectivity index (χ0n) is 15.7. The van der Waals surface area contributed by atoms with Crippen LogP contribution >= 0.6 is 0 Å². The summed E-state index contributed by atoms with van der Waals surface area (Å²) in [6.45, 7) is 11.4. The number of aromatic nitrogens is 1. The number of nitrogens with zero attached hydrogens (tertiary/aromatic N) is 1. The van der Waals surface area contributed by atoms with Gasteiger partial charge in [0.15, 0.2) is 5.76 Å². The summed E-state index contributed by atoms with van der Waals surface area (Å²) < 4.78 is 5.33. The topological polar surface area (TPSA) is 55.5 Å². The predicted molar refractivity (Wildman–Crippen MR) is 99.2 cm³/mol. The Labute approximate surface area is 149 Å². The number of hydrogen-bond acceptors (Lipinski definition) is 4. The molecule has 2 aromatic rings. The lowest BCUT2D eigenvalue weighted by molar-refractivity contribution is -0.254. The van der Waals surface area contributed by atoms with Crippen molar-refractivity contribution < 1.29 is 14.7 Å². The molecule has 0 saturated carbocycles. The normalized spacial score (nSPS) is 18.9. The Bertz CT molecular complexity index is 799. The minimum Gasteiger partial charge on any atom is -0.356 e. The maximum Gasteiger partial charge on any atom is 0.162 e. The molecule has 0 aliphatic heterocycles. The van der Waals surface area contributed by atoms with Gasteiger partial charge < -0.3 is 4.52 Å². The first kappa shape index (κ1) is 17.9. The molecule has 1 N–H and O–H groups in total. The third-order valence-corrected chi connectivity index (χ3v) is 5.42. The Balaban J connectivity index is 1.95. The smallest absolute Gasteiger partial charge is 0.162 e. The van der Waals surface area contributed by atoms with Crippen LogP contribution in [0.1, 0.15) is 75.6 Å². The van der Waals surface area contributed by atoms with E-state index in [1.807, 2.05) is 6.92 Å². The maximum absolute atomic E-state index is 8.51. The largest absolute Gasteiger partial charge is 0.356 e. The van der Waals surface area contributed by atoms with E-state index in [9.17, 15) is 0 Å². The van der Waals surface area contributed by atoms with Crippen LogP contribution in [0.2, 0.25) is 0 Å². The molecule has 1 aromatic heterocycles. The van der Waals surface area contributed by atoms with Crippen molar-refractivity contribution in [2.45, 2.75) is 64.9 Å². The average Bonchev–Trinajstić information content (AvgIpc) is 3.01. The van der Waals surface area contributed by atoms with Gasteiger partial charge in [0.25, 0.3) is 0 Å². The Morgan fingerprint density at radius 3 is 2.52 bits per heavy atom. The molecule has 3 rings (SSSR count). The van der Waals surface area contributed by atoms with E-state index in [0.29, 0.717) is 11.5 Å². The minimum atomic E-state index is 0.0267. The van der Waals surface area contributed by atoms with E-state index < -0.39 is 0 Å². The lowest BCUT2D eigenvalue weighted by Crippen LogP contribution is -2.33. The fourth-order valence-corrected chi connectivity index (χ4v) is 3.65. The second-order valence-corrected chi connectivity index (χ2v) is 8.36.